The van der Waals surface area contributed by atoms with Crippen LogP contribution in [0.3, 0.4) is 0 Å². The molecule has 1 aliphatic rings. The van der Waals surface area contributed by atoms with E-state index in [4.69, 9.17) is 5.73 Å². The van der Waals surface area contributed by atoms with Crippen LogP contribution >= 0.6 is 12.4 Å². The first-order chi connectivity index (χ1) is 12.0. The van der Waals surface area contributed by atoms with Crippen LogP contribution in [0.25, 0.3) is 0 Å². The number of amides is 1. The summed E-state index contributed by atoms with van der Waals surface area (Å²) in [5, 5.41) is 0. The molecule has 1 fully saturated rings. The summed E-state index contributed by atoms with van der Waals surface area (Å²) in [5.74, 6) is 0.307. The van der Waals surface area contributed by atoms with Crippen LogP contribution in [0.1, 0.15) is 52.0 Å². The Bertz CT molecular complexity index is 733. The van der Waals surface area contributed by atoms with Crippen molar-refractivity contribution in [3.8, 4) is 0 Å². The maximum absolute atomic E-state index is 12.4. The molecule has 0 spiro atoms. The molecular formula is C19H32ClN3O3S. The fourth-order valence-electron chi connectivity index (χ4n) is 3.15. The van der Waals surface area contributed by atoms with Crippen LogP contribution in [0.15, 0.2) is 29.2 Å². The number of sulfonamides is 1. The number of hydrogen-bond acceptors (Lipinski definition) is 4. The molecule has 1 atom stereocenters. The molecule has 1 heterocycles. The lowest BCUT2D eigenvalue weighted by molar-refractivity contribution is -0.134. The van der Waals surface area contributed by atoms with Crippen molar-refractivity contribution >= 4 is 28.3 Å². The summed E-state index contributed by atoms with van der Waals surface area (Å²) in [5.41, 5.74) is 7.06. The Kier molecular flexibility index (Phi) is 8.29. The number of piperidine rings is 1. The number of hydrogen-bond donors (Lipinski definition) is 2. The molecule has 6 nitrogen and oxygen atoms in total. The molecule has 154 valence electrons. The summed E-state index contributed by atoms with van der Waals surface area (Å²) >= 11 is 0. The molecule has 8 heteroatoms. The van der Waals surface area contributed by atoms with E-state index in [1.165, 1.54) is 0 Å². The van der Waals surface area contributed by atoms with Crippen molar-refractivity contribution in [1.82, 2.24) is 9.62 Å². The predicted molar refractivity (Wildman–Crippen MR) is 111 cm³/mol. The maximum Gasteiger partial charge on any atom is 0.240 e. The molecule has 1 saturated heterocycles. The highest BCUT2D eigenvalue weighted by molar-refractivity contribution is 7.89. The van der Waals surface area contributed by atoms with Crippen LogP contribution in [0, 0.1) is 5.41 Å². The third-order valence-corrected chi connectivity index (χ3v) is 6.63. The number of nitrogens with one attached hydrogen (secondary N) is 1. The fraction of sp³-hybridized carbons (Fsp3) is 0.632. The van der Waals surface area contributed by atoms with Gasteiger partial charge in [0.25, 0.3) is 0 Å². The highest BCUT2D eigenvalue weighted by Gasteiger charge is 2.35. The predicted octanol–water partition coefficient (Wildman–Crippen LogP) is 2.49. The average molecular weight is 418 g/mol. The lowest BCUT2D eigenvalue weighted by Crippen LogP contribution is -2.54. The third kappa shape index (κ3) is 6.17. The number of rotatable bonds is 6. The zero-order valence-corrected chi connectivity index (χ0v) is 18.2. The first-order valence-corrected chi connectivity index (χ1v) is 10.6. The smallest absolute Gasteiger partial charge is 0.240 e. The molecule has 27 heavy (non-hydrogen) atoms. The Balaban J connectivity index is 0.00000364. The Morgan fingerprint density at radius 2 is 1.89 bits per heavy atom. The molecule has 1 aliphatic heterocycles. The first-order valence-electron chi connectivity index (χ1n) is 9.16. The molecule has 0 aliphatic carbocycles. The number of benzene rings is 1. The van der Waals surface area contributed by atoms with E-state index in [0.717, 1.165) is 12.0 Å². The van der Waals surface area contributed by atoms with Gasteiger partial charge in [-0.05, 0) is 35.4 Å². The van der Waals surface area contributed by atoms with Gasteiger partial charge in [0.2, 0.25) is 15.9 Å². The third-order valence-electron chi connectivity index (χ3n) is 5.15. The Labute approximate surface area is 169 Å². The van der Waals surface area contributed by atoms with Crippen molar-refractivity contribution < 1.29 is 13.2 Å². The Morgan fingerprint density at radius 1 is 1.30 bits per heavy atom. The number of nitrogens with two attached hydrogens (primary N) is 1. The molecule has 1 aromatic carbocycles. The molecular weight excluding hydrogens is 386 g/mol. The van der Waals surface area contributed by atoms with Crippen LogP contribution in [0.5, 0.6) is 0 Å². The topological polar surface area (TPSA) is 92.5 Å². The number of halogens is 1. The number of carbonyl (C=O) groups is 1. The molecule has 0 aromatic heterocycles. The largest absolute Gasteiger partial charge is 0.342 e. The van der Waals surface area contributed by atoms with E-state index in [2.05, 4.69) is 32.4 Å². The van der Waals surface area contributed by atoms with Crippen LogP contribution < -0.4 is 10.5 Å². The van der Waals surface area contributed by atoms with Crippen LogP contribution in [0.4, 0.5) is 0 Å². The number of likely N-dealkylation sites (tertiary alicyclic amines) is 1. The maximum atomic E-state index is 12.4. The minimum atomic E-state index is -3.60. The van der Waals surface area contributed by atoms with Gasteiger partial charge in [-0.3, -0.25) is 4.79 Å². The van der Waals surface area contributed by atoms with Gasteiger partial charge in [0, 0.05) is 32.1 Å². The standard InChI is InChI=1S/C19H31N3O3S.ClH/c1-14(2)15-5-7-16(8-6-15)26(24,25)21-11-9-18(23)22-12-10-17(20)19(3,4)13-22;/h5-8,14,17,21H,9-13,20H2,1-4H3;1H. The zero-order valence-electron chi connectivity index (χ0n) is 16.6. The minimum Gasteiger partial charge on any atom is -0.342 e. The van der Waals surface area contributed by atoms with Gasteiger partial charge in [0.05, 0.1) is 4.90 Å². The van der Waals surface area contributed by atoms with Gasteiger partial charge in [-0.15, -0.1) is 12.4 Å². The molecule has 2 rings (SSSR count). The van der Waals surface area contributed by atoms with Gasteiger partial charge >= 0.3 is 0 Å². The molecule has 3 N–H and O–H groups in total. The molecule has 1 amide bonds. The first kappa shape index (κ1) is 23.9. The second-order valence-corrected chi connectivity index (χ2v) is 9.84. The van der Waals surface area contributed by atoms with Crippen molar-refractivity contribution in [3.05, 3.63) is 29.8 Å². The molecule has 1 aromatic rings. The second-order valence-electron chi connectivity index (χ2n) is 8.07. The van der Waals surface area contributed by atoms with E-state index < -0.39 is 10.0 Å². The van der Waals surface area contributed by atoms with E-state index in [1.807, 2.05) is 12.1 Å². The Morgan fingerprint density at radius 3 is 2.41 bits per heavy atom. The van der Waals surface area contributed by atoms with Crippen molar-refractivity contribution in [2.24, 2.45) is 11.1 Å². The van der Waals surface area contributed by atoms with Gasteiger partial charge < -0.3 is 10.6 Å². The summed E-state index contributed by atoms with van der Waals surface area (Å²) in [7, 11) is -3.60. The van der Waals surface area contributed by atoms with E-state index in [1.54, 1.807) is 17.0 Å². The van der Waals surface area contributed by atoms with Crippen molar-refractivity contribution in [3.63, 3.8) is 0 Å². The highest BCUT2D eigenvalue weighted by atomic mass is 35.5. The summed E-state index contributed by atoms with van der Waals surface area (Å²) in [6.07, 6.45) is 0.918. The quantitative estimate of drug-likeness (QED) is 0.743. The fourth-order valence-corrected chi connectivity index (χ4v) is 4.18. The van der Waals surface area contributed by atoms with Gasteiger partial charge in [-0.2, -0.15) is 0 Å². The van der Waals surface area contributed by atoms with Crippen molar-refractivity contribution in [2.45, 2.75) is 57.4 Å². The summed E-state index contributed by atoms with van der Waals surface area (Å²) < 4.78 is 27.3. The molecule has 0 bridgehead atoms. The summed E-state index contributed by atoms with van der Waals surface area (Å²) in [6, 6.07) is 6.94. The van der Waals surface area contributed by atoms with E-state index >= 15 is 0 Å². The number of carbonyl (C=O) groups excluding carboxylic acids is 1. The van der Waals surface area contributed by atoms with Crippen molar-refractivity contribution in [1.29, 1.82) is 0 Å². The molecule has 1 unspecified atom stereocenters. The zero-order chi connectivity index (χ0) is 19.5. The van der Waals surface area contributed by atoms with E-state index in [0.29, 0.717) is 19.0 Å². The summed E-state index contributed by atoms with van der Waals surface area (Å²) in [4.78, 5) is 14.4. The van der Waals surface area contributed by atoms with Crippen LogP contribution in [-0.2, 0) is 14.8 Å². The van der Waals surface area contributed by atoms with E-state index in [-0.39, 0.29) is 47.6 Å². The minimum absolute atomic E-state index is 0. The van der Waals surface area contributed by atoms with Crippen LogP contribution in [-0.4, -0.2) is 44.9 Å². The Hall–Kier alpha value is -1.15. The molecule has 0 radical (unpaired) electrons. The summed E-state index contributed by atoms with van der Waals surface area (Å²) in [6.45, 7) is 9.56. The number of nitrogens with zero attached hydrogens (tertiary/aromatic N) is 1. The van der Waals surface area contributed by atoms with Gasteiger partial charge in [-0.1, -0.05) is 39.8 Å². The normalized spacial score (nSPS) is 19.6. The lowest BCUT2D eigenvalue weighted by atomic mass is 9.79. The van der Waals surface area contributed by atoms with Gasteiger partial charge in [-0.25, -0.2) is 13.1 Å². The average Bonchev–Trinajstić information content (AvgIpc) is 2.57. The van der Waals surface area contributed by atoms with Gasteiger partial charge in [0.1, 0.15) is 0 Å². The monoisotopic (exact) mass is 417 g/mol. The van der Waals surface area contributed by atoms with Gasteiger partial charge in [0.15, 0.2) is 0 Å². The van der Waals surface area contributed by atoms with Crippen molar-refractivity contribution in [2.75, 3.05) is 19.6 Å². The second kappa shape index (κ2) is 9.37. The lowest BCUT2D eigenvalue weighted by Gasteiger charge is -2.42. The van der Waals surface area contributed by atoms with E-state index in [9.17, 15) is 13.2 Å². The molecule has 0 saturated carbocycles. The van der Waals surface area contributed by atoms with Crippen LogP contribution in [0.2, 0.25) is 0 Å². The highest BCUT2D eigenvalue weighted by Crippen LogP contribution is 2.27. The SMILES string of the molecule is CC(C)c1ccc(S(=O)(=O)NCCC(=O)N2CCC(N)C(C)(C)C2)cc1.Cl.